The first-order valence-electron chi connectivity index (χ1n) is 9.58. The van der Waals surface area contributed by atoms with Gasteiger partial charge in [-0.15, -0.1) is 0 Å². The lowest BCUT2D eigenvalue weighted by Crippen LogP contribution is -2.54. The van der Waals surface area contributed by atoms with E-state index in [-0.39, 0.29) is 43.7 Å². The summed E-state index contributed by atoms with van der Waals surface area (Å²) in [5.74, 6) is 0.0519. The fourth-order valence-corrected chi connectivity index (χ4v) is 3.27. The minimum atomic E-state index is -4.48. The molecule has 1 aliphatic heterocycles. The molecule has 1 aromatic carbocycles. The topological polar surface area (TPSA) is 98.7 Å². The van der Waals surface area contributed by atoms with Crippen molar-refractivity contribution >= 4 is 22.9 Å². The van der Waals surface area contributed by atoms with E-state index in [1.165, 1.54) is 4.90 Å². The van der Waals surface area contributed by atoms with E-state index in [9.17, 15) is 27.9 Å². The molecular weight excluding hydrogens is 429 g/mol. The molecule has 0 aliphatic carbocycles. The van der Waals surface area contributed by atoms with Gasteiger partial charge >= 0.3 is 6.18 Å². The Kier molecular flexibility index (Phi) is 5.56. The van der Waals surface area contributed by atoms with Gasteiger partial charge in [0.15, 0.2) is 0 Å². The van der Waals surface area contributed by atoms with Crippen LogP contribution in [0.3, 0.4) is 0 Å². The molecule has 1 saturated heterocycles. The van der Waals surface area contributed by atoms with E-state index < -0.39 is 17.8 Å². The highest BCUT2D eigenvalue weighted by atomic mass is 19.4. The molecule has 2 amide bonds. The van der Waals surface area contributed by atoms with Crippen molar-refractivity contribution < 1.29 is 32.6 Å². The third-order valence-electron chi connectivity index (χ3n) is 4.99. The molecule has 4 rings (SSSR count). The van der Waals surface area contributed by atoms with Crippen molar-refractivity contribution in [1.82, 2.24) is 19.8 Å². The molecular formula is C21H16F3N4O4-. The number of alkyl halides is 3. The average Bonchev–Trinajstić information content (AvgIpc) is 2.78. The first kappa shape index (κ1) is 21.3. The minimum Gasteiger partial charge on any atom is -0.530 e. The minimum absolute atomic E-state index is 0.00723. The average molecular weight is 445 g/mol. The van der Waals surface area contributed by atoms with Crippen molar-refractivity contribution in [2.24, 2.45) is 0 Å². The van der Waals surface area contributed by atoms with Crippen molar-refractivity contribution in [2.75, 3.05) is 26.2 Å². The normalized spacial score (nSPS) is 14.5. The SMILES string of the molecule is O=C([O-])N1CCN(C(=O)c2ccc3cc(Oc4ccc(C(F)(F)F)cn4)ccc3n2)CC1. The van der Waals surface area contributed by atoms with Gasteiger partial charge in [-0.25, -0.2) is 9.97 Å². The Labute approximate surface area is 179 Å². The zero-order valence-corrected chi connectivity index (χ0v) is 16.5. The fourth-order valence-electron chi connectivity index (χ4n) is 3.27. The van der Waals surface area contributed by atoms with Gasteiger partial charge in [0.25, 0.3) is 5.91 Å². The number of amides is 2. The quantitative estimate of drug-likeness (QED) is 0.615. The van der Waals surface area contributed by atoms with Gasteiger partial charge in [-0.2, -0.15) is 13.2 Å². The highest BCUT2D eigenvalue weighted by Crippen LogP contribution is 2.30. The van der Waals surface area contributed by atoms with E-state index in [0.717, 1.165) is 17.0 Å². The monoisotopic (exact) mass is 445 g/mol. The number of carbonyl (C=O) groups is 2. The number of piperazine rings is 1. The molecule has 0 atom stereocenters. The smallest absolute Gasteiger partial charge is 0.417 e. The van der Waals surface area contributed by atoms with E-state index in [0.29, 0.717) is 22.8 Å². The number of hydrogen-bond donors (Lipinski definition) is 0. The van der Waals surface area contributed by atoms with Crippen molar-refractivity contribution in [2.45, 2.75) is 6.18 Å². The molecule has 3 heterocycles. The van der Waals surface area contributed by atoms with Crippen molar-refractivity contribution in [1.29, 1.82) is 0 Å². The van der Waals surface area contributed by atoms with Crippen LogP contribution >= 0.6 is 0 Å². The summed E-state index contributed by atoms with van der Waals surface area (Å²) in [4.78, 5) is 34.3. The maximum Gasteiger partial charge on any atom is 0.417 e. The zero-order chi connectivity index (χ0) is 22.9. The molecule has 0 radical (unpaired) electrons. The Bertz CT molecular complexity index is 1160. The Balaban J connectivity index is 1.46. The van der Waals surface area contributed by atoms with Gasteiger partial charge < -0.3 is 24.4 Å². The molecule has 0 spiro atoms. The van der Waals surface area contributed by atoms with Crippen LogP contribution in [0.15, 0.2) is 48.7 Å². The summed E-state index contributed by atoms with van der Waals surface area (Å²) in [7, 11) is 0. The Morgan fingerprint density at radius 1 is 0.969 bits per heavy atom. The van der Waals surface area contributed by atoms with Crippen LogP contribution in [0, 0.1) is 0 Å². The lowest BCUT2D eigenvalue weighted by Gasteiger charge is -2.35. The number of pyridine rings is 2. The third-order valence-corrected chi connectivity index (χ3v) is 4.99. The molecule has 0 bridgehead atoms. The number of halogens is 3. The summed E-state index contributed by atoms with van der Waals surface area (Å²) in [6, 6.07) is 10.1. The summed E-state index contributed by atoms with van der Waals surface area (Å²) in [6.45, 7) is 0.861. The summed E-state index contributed by atoms with van der Waals surface area (Å²) >= 11 is 0. The number of benzene rings is 1. The van der Waals surface area contributed by atoms with Crippen LogP contribution in [-0.2, 0) is 6.18 Å². The number of hydrogen-bond acceptors (Lipinski definition) is 6. The highest BCUT2D eigenvalue weighted by molar-refractivity contribution is 5.95. The molecule has 0 unspecified atom stereocenters. The molecule has 8 nitrogen and oxygen atoms in total. The number of rotatable bonds is 3. The van der Waals surface area contributed by atoms with E-state index in [1.54, 1.807) is 30.3 Å². The Morgan fingerprint density at radius 3 is 2.31 bits per heavy atom. The van der Waals surface area contributed by atoms with Crippen LogP contribution in [0.4, 0.5) is 18.0 Å². The second-order valence-electron chi connectivity index (χ2n) is 7.08. The Morgan fingerprint density at radius 2 is 1.69 bits per heavy atom. The number of nitrogens with zero attached hydrogens (tertiary/aromatic N) is 4. The molecule has 0 saturated carbocycles. The maximum atomic E-state index is 12.7. The van der Waals surface area contributed by atoms with E-state index >= 15 is 0 Å². The number of fused-ring (bicyclic) bond motifs is 1. The predicted molar refractivity (Wildman–Crippen MR) is 104 cm³/mol. The van der Waals surface area contributed by atoms with Crippen LogP contribution < -0.4 is 9.84 Å². The molecule has 11 heteroatoms. The van der Waals surface area contributed by atoms with Crippen molar-refractivity contribution in [3.05, 3.63) is 59.9 Å². The lowest BCUT2D eigenvalue weighted by molar-refractivity contribution is -0.266. The molecule has 166 valence electrons. The van der Waals surface area contributed by atoms with Crippen LogP contribution in [0.1, 0.15) is 16.1 Å². The van der Waals surface area contributed by atoms with Gasteiger partial charge in [0, 0.05) is 43.8 Å². The van der Waals surface area contributed by atoms with E-state index in [4.69, 9.17) is 4.74 Å². The molecule has 32 heavy (non-hydrogen) atoms. The number of aromatic nitrogens is 2. The standard InChI is InChI=1S/C21H17F3N4O4/c22-21(23,24)14-2-6-18(25-12-14)32-15-3-5-16-13(11-15)1-4-17(26-16)19(29)27-7-9-28(10-8-27)20(30)31/h1-6,11-12H,7-10H2,(H,30,31)/p-1. The summed E-state index contributed by atoms with van der Waals surface area (Å²) in [5.41, 5.74) is -0.125. The molecule has 0 N–H and O–H groups in total. The molecule has 3 aromatic rings. The van der Waals surface area contributed by atoms with Crippen LogP contribution in [-0.4, -0.2) is 57.9 Å². The second kappa shape index (κ2) is 8.33. The summed E-state index contributed by atoms with van der Waals surface area (Å²) < 4.78 is 43.4. The second-order valence-corrected chi connectivity index (χ2v) is 7.08. The third kappa shape index (κ3) is 4.56. The summed E-state index contributed by atoms with van der Waals surface area (Å²) in [6.07, 6.45) is -5.04. The summed E-state index contributed by atoms with van der Waals surface area (Å²) in [5, 5.41) is 11.5. The lowest BCUT2D eigenvalue weighted by atomic mass is 10.1. The number of carboxylic acid groups (broad SMARTS) is 1. The van der Waals surface area contributed by atoms with E-state index in [2.05, 4.69) is 9.97 Å². The van der Waals surface area contributed by atoms with E-state index in [1.807, 2.05) is 0 Å². The predicted octanol–water partition coefficient (Wildman–Crippen LogP) is 2.54. The first-order valence-corrected chi connectivity index (χ1v) is 9.58. The zero-order valence-electron chi connectivity index (χ0n) is 16.5. The number of carbonyl (C=O) groups excluding carboxylic acids is 2. The van der Waals surface area contributed by atoms with Gasteiger partial charge in [-0.1, -0.05) is 6.07 Å². The highest BCUT2D eigenvalue weighted by Gasteiger charge is 2.30. The van der Waals surface area contributed by atoms with Crippen LogP contribution in [0.5, 0.6) is 11.6 Å². The maximum absolute atomic E-state index is 12.7. The van der Waals surface area contributed by atoms with Crippen molar-refractivity contribution in [3.8, 4) is 11.6 Å². The van der Waals surface area contributed by atoms with Crippen LogP contribution in [0.2, 0.25) is 0 Å². The van der Waals surface area contributed by atoms with Crippen LogP contribution in [0.25, 0.3) is 10.9 Å². The molecule has 2 aromatic heterocycles. The Hall–Kier alpha value is -3.89. The van der Waals surface area contributed by atoms with Crippen molar-refractivity contribution in [3.63, 3.8) is 0 Å². The first-order chi connectivity index (χ1) is 15.2. The van der Waals surface area contributed by atoms with Gasteiger partial charge in [-0.05, 0) is 30.3 Å². The molecule has 1 aliphatic rings. The van der Waals surface area contributed by atoms with Gasteiger partial charge in [0.1, 0.15) is 17.5 Å². The fraction of sp³-hybridized carbons (Fsp3) is 0.238. The van der Waals surface area contributed by atoms with Gasteiger partial charge in [0.2, 0.25) is 5.88 Å². The van der Waals surface area contributed by atoms with Gasteiger partial charge in [-0.3, -0.25) is 4.79 Å². The van der Waals surface area contributed by atoms with Gasteiger partial charge in [0.05, 0.1) is 11.1 Å². The largest absolute Gasteiger partial charge is 0.530 e. The molecule has 1 fully saturated rings. The number of ether oxygens (including phenoxy) is 1.